The van der Waals surface area contributed by atoms with Crippen molar-refractivity contribution in [2.75, 3.05) is 0 Å². The van der Waals surface area contributed by atoms with Crippen molar-refractivity contribution >= 4 is 31.9 Å². The first kappa shape index (κ1) is 8.96. The molecule has 49 valence electrons. The normalized spacial score (nSPS) is 18.0. The molecule has 2 heteroatoms. The molecule has 0 amide bonds. The van der Waals surface area contributed by atoms with E-state index in [1.807, 2.05) is 0 Å². The third-order valence-electron chi connectivity index (χ3n) is 0.894. The Hall–Kier alpha value is 0.960. The van der Waals surface area contributed by atoms with E-state index in [2.05, 4.69) is 45.7 Å². The number of hydrogen-bond donors (Lipinski definition) is 0. The molecule has 0 heterocycles. The summed E-state index contributed by atoms with van der Waals surface area (Å²) >= 11 is 6.94. The van der Waals surface area contributed by atoms with Gasteiger partial charge < -0.3 is 0 Å². The summed E-state index contributed by atoms with van der Waals surface area (Å²) in [5, 5.41) is 0. The van der Waals surface area contributed by atoms with Gasteiger partial charge in [0.15, 0.2) is 0 Å². The van der Waals surface area contributed by atoms with Gasteiger partial charge in [-0.25, -0.2) is 0 Å². The van der Waals surface area contributed by atoms with Crippen molar-refractivity contribution in [3.8, 4) is 0 Å². The van der Waals surface area contributed by atoms with Gasteiger partial charge in [-0.15, -0.1) is 0 Å². The van der Waals surface area contributed by atoms with Crippen LogP contribution < -0.4 is 0 Å². The second-order valence-electron chi connectivity index (χ2n) is 1.90. The average Bonchev–Trinajstić information content (AvgIpc) is 1.65. The summed E-state index contributed by atoms with van der Waals surface area (Å²) in [7, 11) is 0. The van der Waals surface area contributed by atoms with E-state index in [0.29, 0.717) is 9.65 Å². The summed E-state index contributed by atoms with van der Waals surface area (Å²) in [6.45, 7) is 5.91. The fourth-order valence-corrected chi connectivity index (χ4v) is 1.98. The fraction of sp³-hybridized carbons (Fsp3) is 0.833. The van der Waals surface area contributed by atoms with Gasteiger partial charge in [0.2, 0.25) is 0 Å². The van der Waals surface area contributed by atoms with Crippen molar-refractivity contribution in [2.45, 2.75) is 29.4 Å². The summed E-state index contributed by atoms with van der Waals surface area (Å²) in [4.78, 5) is 1.19. The minimum Gasteiger partial charge on any atom is -0.0893 e. The summed E-state index contributed by atoms with van der Waals surface area (Å²) in [6, 6.07) is 0. The largest absolute Gasteiger partial charge is 0.0893 e. The average molecular weight is 243 g/mol. The van der Waals surface area contributed by atoms with Gasteiger partial charge in [0.05, 0.1) is 0 Å². The highest BCUT2D eigenvalue weighted by Crippen LogP contribution is 2.15. The Balaban J connectivity index is 3.10. The molecule has 0 aromatic carbocycles. The van der Waals surface area contributed by atoms with Crippen LogP contribution in [0.3, 0.4) is 0 Å². The van der Waals surface area contributed by atoms with Crippen LogP contribution in [-0.4, -0.2) is 9.65 Å². The van der Waals surface area contributed by atoms with Crippen molar-refractivity contribution in [3.63, 3.8) is 0 Å². The highest BCUT2D eigenvalue weighted by atomic mass is 79.9. The van der Waals surface area contributed by atoms with E-state index in [-0.39, 0.29) is 0 Å². The molecule has 0 aliphatic rings. The van der Waals surface area contributed by atoms with Crippen LogP contribution in [0.5, 0.6) is 0 Å². The molecular formula is C6H11Br2. The van der Waals surface area contributed by atoms with Gasteiger partial charge >= 0.3 is 0 Å². The van der Waals surface area contributed by atoms with Crippen molar-refractivity contribution in [3.05, 3.63) is 6.92 Å². The zero-order chi connectivity index (χ0) is 6.57. The Kier molecular flexibility index (Phi) is 5.38. The quantitative estimate of drug-likeness (QED) is 0.668. The molecule has 0 spiro atoms. The predicted octanol–water partition coefficient (Wildman–Crippen LogP) is 3.15. The van der Waals surface area contributed by atoms with Crippen LogP contribution >= 0.6 is 31.9 Å². The van der Waals surface area contributed by atoms with Gasteiger partial charge in [-0.3, -0.25) is 0 Å². The van der Waals surface area contributed by atoms with Crippen molar-refractivity contribution in [1.82, 2.24) is 0 Å². The van der Waals surface area contributed by atoms with E-state index < -0.39 is 0 Å². The molecule has 0 fully saturated rings. The highest BCUT2D eigenvalue weighted by Gasteiger charge is 2.03. The van der Waals surface area contributed by atoms with Gasteiger partial charge in [0.25, 0.3) is 0 Å². The molecule has 0 saturated heterocycles. The lowest BCUT2D eigenvalue weighted by atomic mass is 10.2. The van der Waals surface area contributed by atoms with Gasteiger partial charge in [0, 0.05) is 9.65 Å². The number of hydrogen-bond acceptors (Lipinski definition) is 0. The van der Waals surface area contributed by atoms with Crippen LogP contribution in [0.15, 0.2) is 0 Å². The van der Waals surface area contributed by atoms with Gasteiger partial charge in [-0.05, 0) is 12.8 Å². The molecule has 0 saturated carbocycles. The molecular weight excluding hydrogens is 232 g/mol. The maximum absolute atomic E-state index is 3.77. The third-order valence-corrected chi connectivity index (χ3v) is 2.10. The Labute approximate surface area is 68.3 Å². The molecule has 0 aromatic rings. The summed E-state index contributed by atoms with van der Waals surface area (Å²) < 4.78 is 0. The Bertz CT molecular complexity index is 52.5. The molecule has 8 heavy (non-hydrogen) atoms. The first-order chi connectivity index (χ1) is 3.66. The number of halogens is 2. The predicted molar refractivity (Wildman–Crippen MR) is 45.7 cm³/mol. The van der Waals surface area contributed by atoms with E-state index in [4.69, 9.17) is 0 Å². The van der Waals surface area contributed by atoms with E-state index in [1.54, 1.807) is 0 Å². The molecule has 0 N–H and O–H groups in total. The molecule has 1 radical (unpaired) electrons. The van der Waals surface area contributed by atoms with Crippen LogP contribution in [0.1, 0.15) is 19.8 Å². The van der Waals surface area contributed by atoms with E-state index in [9.17, 15) is 0 Å². The summed E-state index contributed by atoms with van der Waals surface area (Å²) in [5.74, 6) is 0. The topological polar surface area (TPSA) is 0 Å². The Morgan fingerprint density at radius 2 is 2.00 bits per heavy atom. The molecule has 0 nitrogen and oxygen atoms in total. The minimum absolute atomic E-state index is 0.580. The Morgan fingerprint density at radius 3 is 2.12 bits per heavy atom. The molecule has 0 rings (SSSR count). The first-order valence-electron chi connectivity index (χ1n) is 2.74. The SMILES string of the molecule is [CH2]CC(Br)CC(C)Br. The van der Waals surface area contributed by atoms with Crippen LogP contribution in [0.25, 0.3) is 0 Å². The van der Waals surface area contributed by atoms with Crippen LogP contribution in [-0.2, 0) is 0 Å². The molecule has 0 aliphatic carbocycles. The van der Waals surface area contributed by atoms with Crippen LogP contribution in [0.2, 0.25) is 0 Å². The molecule has 2 unspecified atom stereocenters. The molecule has 2 atom stereocenters. The zero-order valence-electron chi connectivity index (χ0n) is 5.03. The third kappa shape index (κ3) is 5.10. The fourth-order valence-electron chi connectivity index (χ4n) is 0.470. The van der Waals surface area contributed by atoms with Gasteiger partial charge in [0.1, 0.15) is 0 Å². The highest BCUT2D eigenvalue weighted by molar-refractivity contribution is 9.10. The zero-order valence-corrected chi connectivity index (χ0v) is 8.20. The standard InChI is InChI=1S/C6H11Br2/c1-3-6(8)4-5(2)7/h5-6H,1,3-4H2,2H3. The van der Waals surface area contributed by atoms with E-state index in [0.717, 1.165) is 12.8 Å². The smallest absolute Gasteiger partial charge is 0.0156 e. The lowest BCUT2D eigenvalue weighted by Gasteiger charge is -2.06. The second kappa shape index (κ2) is 4.80. The second-order valence-corrected chi connectivity index (χ2v) is 4.76. The first-order valence-corrected chi connectivity index (χ1v) is 4.57. The lowest BCUT2D eigenvalue weighted by molar-refractivity contribution is 0.777. The van der Waals surface area contributed by atoms with Gasteiger partial charge in [-0.2, -0.15) is 0 Å². The van der Waals surface area contributed by atoms with Crippen LogP contribution in [0.4, 0.5) is 0 Å². The summed E-state index contributed by atoms with van der Waals surface area (Å²) in [5.41, 5.74) is 0. The number of rotatable bonds is 3. The van der Waals surface area contributed by atoms with E-state index in [1.165, 1.54) is 0 Å². The lowest BCUT2D eigenvalue weighted by Crippen LogP contribution is -2.01. The van der Waals surface area contributed by atoms with Crippen molar-refractivity contribution in [2.24, 2.45) is 0 Å². The Morgan fingerprint density at radius 1 is 1.50 bits per heavy atom. The van der Waals surface area contributed by atoms with Crippen LogP contribution in [0, 0.1) is 6.92 Å². The minimum atomic E-state index is 0.580. The maximum atomic E-state index is 3.77. The number of alkyl halides is 2. The van der Waals surface area contributed by atoms with Gasteiger partial charge in [-0.1, -0.05) is 45.7 Å². The molecule has 0 aliphatic heterocycles. The van der Waals surface area contributed by atoms with Crippen molar-refractivity contribution < 1.29 is 0 Å². The molecule has 0 bridgehead atoms. The van der Waals surface area contributed by atoms with E-state index >= 15 is 0 Å². The maximum Gasteiger partial charge on any atom is 0.0156 e. The monoisotopic (exact) mass is 241 g/mol. The summed E-state index contributed by atoms with van der Waals surface area (Å²) in [6.07, 6.45) is 2.12. The molecule has 0 aromatic heterocycles. The van der Waals surface area contributed by atoms with Crippen molar-refractivity contribution in [1.29, 1.82) is 0 Å².